The summed E-state index contributed by atoms with van der Waals surface area (Å²) >= 11 is 0. The minimum atomic E-state index is -0.156. The molecule has 1 aromatic heterocycles. The molecule has 0 bridgehead atoms. The molecule has 0 radical (unpaired) electrons. The van der Waals surface area contributed by atoms with E-state index in [9.17, 15) is 9.59 Å². The van der Waals surface area contributed by atoms with Crippen molar-refractivity contribution >= 4 is 17.5 Å². The second-order valence-electron chi connectivity index (χ2n) is 3.22. The van der Waals surface area contributed by atoms with Crippen molar-refractivity contribution in [3.8, 4) is 0 Å². The highest BCUT2D eigenvalue weighted by Gasteiger charge is 2.29. The van der Waals surface area contributed by atoms with Crippen molar-refractivity contribution in [2.75, 3.05) is 11.4 Å². The molecule has 1 aliphatic rings. The van der Waals surface area contributed by atoms with Crippen LogP contribution in [0.3, 0.4) is 0 Å². The third-order valence-corrected chi connectivity index (χ3v) is 2.21. The third-order valence-electron chi connectivity index (χ3n) is 2.21. The lowest BCUT2D eigenvalue weighted by Crippen LogP contribution is -2.25. The van der Waals surface area contributed by atoms with E-state index >= 15 is 0 Å². The SMILES string of the molecule is CCn1ccc(N2CC(=O)CC2=O)n1. The molecule has 0 aromatic carbocycles. The summed E-state index contributed by atoms with van der Waals surface area (Å²) in [7, 11) is 0. The normalized spacial score (nSPS) is 16.8. The topological polar surface area (TPSA) is 55.2 Å². The van der Waals surface area contributed by atoms with Crippen LogP contribution in [0, 0.1) is 0 Å². The Kier molecular flexibility index (Phi) is 2.07. The van der Waals surface area contributed by atoms with E-state index in [4.69, 9.17) is 0 Å². The quantitative estimate of drug-likeness (QED) is 0.631. The van der Waals surface area contributed by atoms with Gasteiger partial charge >= 0.3 is 0 Å². The molecule has 1 aromatic rings. The molecule has 5 heteroatoms. The number of carbonyl (C=O) groups excluding carboxylic acids is 2. The first kappa shape index (κ1) is 8.93. The van der Waals surface area contributed by atoms with Crippen LogP contribution in [0.15, 0.2) is 12.3 Å². The van der Waals surface area contributed by atoms with Gasteiger partial charge in [-0.3, -0.25) is 19.2 Å². The van der Waals surface area contributed by atoms with Gasteiger partial charge in [0.2, 0.25) is 5.91 Å². The summed E-state index contributed by atoms with van der Waals surface area (Å²) in [5.74, 6) is 0.375. The van der Waals surface area contributed by atoms with E-state index in [1.807, 2.05) is 6.92 Å². The molecule has 0 N–H and O–H groups in total. The van der Waals surface area contributed by atoms with Crippen LogP contribution < -0.4 is 4.90 Å². The minimum Gasteiger partial charge on any atom is -0.297 e. The van der Waals surface area contributed by atoms with Crippen LogP contribution in [0.5, 0.6) is 0 Å². The van der Waals surface area contributed by atoms with Crippen LogP contribution in [0.4, 0.5) is 5.82 Å². The predicted molar refractivity (Wildman–Crippen MR) is 49.9 cm³/mol. The first-order chi connectivity index (χ1) is 6.70. The molecule has 1 saturated heterocycles. The van der Waals surface area contributed by atoms with Gasteiger partial charge in [0, 0.05) is 18.8 Å². The molecule has 74 valence electrons. The highest BCUT2D eigenvalue weighted by molar-refractivity contribution is 6.14. The number of carbonyl (C=O) groups is 2. The van der Waals surface area contributed by atoms with Crippen LogP contribution in [0.2, 0.25) is 0 Å². The number of Topliss-reactive ketones (excluding diaryl/α,β-unsaturated/α-hetero) is 1. The Morgan fingerprint density at radius 1 is 1.50 bits per heavy atom. The average molecular weight is 193 g/mol. The van der Waals surface area contributed by atoms with Crippen molar-refractivity contribution in [2.45, 2.75) is 19.9 Å². The lowest BCUT2D eigenvalue weighted by molar-refractivity contribution is -0.121. The minimum absolute atomic E-state index is 0.0129. The predicted octanol–water partition coefficient (Wildman–Crippen LogP) is 0.209. The smallest absolute Gasteiger partial charge is 0.236 e. The van der Waals surface area contributed by atoms with E-state index in [2.05, 4.69) is 5.10 Å². The summed E-state index contributed by atoms with van der Waals surface area (Å²) in [6.45, 7) is 2.89. The Hall–Kier alpha value is -1.65. The third kappa shape index (κ3) is 1.41. The Morgan fingerprint density at radius 3 is 2.79 bits per heavy atom. The van der Waals surface area contributed by atoms with Gasteiger partial charge in [0.15, 0.2) is 11.6 Å². The van der Waals surface area contributed by atoms with E-state index in [1.165, 1.54) is 4.90 Å². The second kappa shape index (κ2) is 3.25. The Balaban J connectivity index is 2.22. The molecule has 2 rings (SSSR count). The number of ketones is 1. The first-order valence-corrected chi connectivity index (χ1v) is 4.56. The Bertz CT molecular complexity index is 383. The zero-order valence-corrected chi connectivity index (χ0v) is 7.93. The number of amides is 1. The molecule has 0 unspecified atom stereocenters. The summed E-state index contributed by atoms with van der Waals surface area (Å²) in [4.78, 5) is 23.8. The number of nitrogens with zero attached hydrogens (tertiary/aromatic N) is 3. The van der Waals surface area contributed by atoms with Gasteiger partial charge in [0.05, 0.1) is 13.0 Å². The molecule has 0 atom stereocenters. The molecular weight excluding hydrogens is 182 g/mol. The monoisotopic (exact) mass is 193 g/mol. The summed E-state index contributed by atoms with van der Waals surface area (Å²) in [5.41, 5.74) is 0. The average Bonchev–Trinajstić information content (AvgIpc) is 2.71. The summed E-state index contributed by atoms with van der Waals surface area (Å²) in [6, 6.07) is 1.75. The maximum atomic E-state index is 11.3. The fourth-order valence-corrected chi connectivity index (χ4v) is 1.46. The zero-order chi connectivity index (χ0) is 10.1. The molecule has 5 nitrogen and oxygen atoms in total. The largest absolute Gasteiger partial charge is 0.297 e. The van der Waals surface area contributed by atoms with Crippen molar-refractivity contribution < 1.29 is 9.59 Å². The number of hydrogen-bond donors (Lipinski definition) is 0. The molecule has 0 aliphatic carbocycles. The fraction of sp³-hybridized carbons (Fsp3) is 0.444. The van der Waals surface area contributed by atoms with E-state index in [0.717, 1.165) is 6.54 Å². The molecule has 1 aliphatic heterocycles. The van der Waals surface area contributed by atoms with Gasteiger partial charge in [-0.2, -0.15) is 5.10 Å². The summed E-state index contributed by atoms with van der Waals surface area (Å²) < 4.78 is 1.73. The molecule has 14 heavy (non-hydrogen) atoms. The molecule has 2 heterocycles. The van der Waals surface area contributed by atoms with Crippen LogP contribution >= 0.6 is 0 Å². The maximum absolute atomic E-state index is 11.3. The van der Waals surface area contributed by atoms with Gasteiger partial charge in [-0.15, -0.1) is 0 Å². The van der Waals surface area contributed by atoms with Crippen LogP contribution in [-0.4, -0.2) is 28.0 Å². The summed E-state index contributed by atoms with van der Waals surface area (Å²) in [6.07, 6.45) is 1.81. The van der Waals surface area contributed by atoms with Crippen LogP contribution in [0.25, 0.3) is 0 Å². The number of anilines is 1. The zero-order valence-electron chi connectivity index (χ0n) is 7.93. The molecule has 0 saturated carbocycles. The van der Waals surface area contributed by atoms with E-state index < -0.39 is 0 Å². The van der Waals surface area contributed by atoms with Crippen molar-refractivity contribution in [1.82, 2.24) is 9.78 Å². The number of aromatic nitrogens is 2. The van der Waals surface area contributed by atoms with Crippen molar-refractivity contribution in [2.24, 2.45) is 0 Å². The van der Waals surface area contributed by atoms with Gasteiger partial charge in [-0.05, 0) is 6.92 Å². The van der Waals surface area contributed by atoms with Gasteiger partial charge in [-0.1, -0.05) is 0 Å². The summed E-state index contributed by atoms with van der Waals surface area (Å²) in [5, 5.41) is 4.17. The van der Waals surface area contributed by atoms with Crippen molar-refractivity contribution in [3.05, 3.63) is 12.3 Å². The number of rotatable bonds is 2. The van der Waals surface area contributed by atoms with Gasteiger partial charge < -0.3 is 0 Å². The van der Waals surface area contributed by atoms with E-state index in [1.54, 1.807) is 16.9 Å². The van der Waals surface area contributed by atoms with Gasteiger partial charge in [0.1, 0.15) is 0 Å². The van der Waals surface area contributed by atoms with Gasteiger partial charge in [0.25, 0.3) is 0 Å². The van der Waals surface area contributed by atoms with Crippen molar-refractivity contribution in [1.29, 1.82) is 0 Å². The molecule has 0 spiro atoms. The number of hydrogen-bond acceptors (Lipinski definition) is 3. The van der Waals surface area contributed by atoms with E-state index in [0.29, 0.717) is 5.82 Å². The first-order valence-electron chi connectivity index (χ1n) is 4.56. The molecule has 1 amide bonds. The Labute approximate surface area is 81.3 Å². The number of aryl methyl sites for hydroxylation is 1. The molecular formula is C9H11N3O2. The highest BCUT2D eigenvalue weighted by atomic mass is 16.2. The van der Waals surface area contributed by atoms with Crippen molar-refractivity contribution in [3.63, 3.8) is 0 Å². The van der Waals surface area contributed by atoms with E-state index in [-0.39, 0.29) is 24.7 Å². The lowest BCUT2D eigenvalue weighted by Gasteiger charge is -2.09. The fourth-order valence-electron chi connectivity index (χ4n) is 1.46. The Morgan fingerprint density at radius 2 is 2.29 bits per heavy atom. The van der Waals surface area contributed by atoms with Crippen LogP contribution in [-0.2, 0) is 16.1 Å². The van der Waals surface area contributed by atoms with Crippen LogP contribution in [0.1, 0.15) is 13.3 Å². The lowest BCUT2D eigenvalue weighted by atomic mass is 10.3. The van der Waals surface area contributed by atoms with Gasteiger partial charge in [-0.25, -0.2) is 0 Å². The second-order valence-corrected chi connectivity index (χ2v) is 3.22. The highest BCUT2D eigenvalue weighted by Crippen LogP contribution is 2.16. The molecule has 1 fully saturated rings. The maximum Gasteiger partial charge on any atom is 0.236 e. The standard InChI is InChI=1S/C9H11N3O2/c1-2-11-4-3-8(10-11)12-6-7(13)5-9(12)14/h3-4H,2,5-6H2,1H3.